The number of aromatic nitrogens is 2. The summed E-state index contributed by atoms with van der Waals surface area (Å²) in [7, 11) is 0. The highest BCUT2D eigenvalue weighted by Crippen LogP contribution is 2.13. The predicted octanol–water partition coefficient (Wildman–Crippen LogP) is 1.66. The average molecular weight is 241 g/mol. The fourth-order valence-electron chi connectivity index (χ4n) is 1.65. The van der Waals surface area contributed by atoms with E-state index in [-0.39, 0.29) is 11.8 Å². The molecule has 2 heterocycles. The van der Waals surface area contributed by atoms with Crippen LogP contribution >= 0.6 is 0 Å². The molecule has 2 aromatic rings. The summed E-state index contributed by atoms with van der Waals surface area (Å²) in [4.78, 5) is 19.6. The van der Waals surface area contributed by atoms with Crippen LogP contribution in [-0.2, 0) is 11.2 Å². The first kappa shape index (κ1) is 12.2. The van der Waals surface area contributed by atoms with Gasteiger partial charge in [-0.2, -0.15) is 0 Å². The molecule has 2 rings (SSSR count). The fourth-order valence-corrected chi connectivity index (χ4v) is 1.65. The highest BCUT2D eigenvalue weighted by Gasteiger charge is 2.12. The Morgan fingerprint density at radius 2 is 2.11 bits per heavy atom. The third-order valence-electron chi connectivity index (χ3n) is 2.83. The summed E-state index contributed by atoms with van der Waals surface area (Å²) in [5.41, 5.74) is 8.00. The Balaban J connectivity index is 2.11. The number of primary amides is 1. The lowest BCUT2D eigenvalue weighted by Crippen LogP contribution is -2.19. The number of pyridine rings is 2. The molecule has 1 atom stereocenters. The first-order chi connectivity index (χ1) is 8.66. The predicted molar refractivity (Wildman–Crippen MR) is 68.9 cm³/mol. The van der Waals surface area contributed by atoms with E-state index in [2.05, 4.69) is 9.97 Å². The molecule has 0 aliphatic carbocycles. The van der Waals surface area contributed by atoms with Crippen molar-refractivity contribution in [2.45, 2.75) is 19.3 Å². The van der Waals surface area contributed by atoms with Crippen molar-refractivity contribution in [2.24, 2.45) is 5.73 Å². The zero-order chi connectivity index (χ0) is 13.0. The van der Waals surface area contributed by atoms with Crippen LogP contribution in [0.3, 0.4) is 0 Å². The van der Waals surface area contributed by atoms with Gasteiger partial charge in [0, 0.05) is 24.5 Å². The van der Waals surface area contributed by atoms with E-state index < -0.39 is 0 Å². The van der Waals surface area contributed by atoms with Gasteiger partial charge < -0.3 is 5.73 Å². The second kappa shape index (κ2) is 5.40. The molecule has 4 nitrogen and oxygen atoms in total. The topological polar surface area (TPSA) is 68.9 Å². The van der Waals surface area contributed by atoms with Crippen molar-refractivity contribution in [3.63, 3.8) is 0 Å². The molecule has 0 spiro atoms. The van der Waals surface area contributed by atoms with E-state index in [0.717, 1.165) is 17.7 Å². The summed E-state index contributed by atoms with van der Waals surface area (Å²) in [6.07, 6.45) is 4.27. The van der Waals surface area contributed by atoms with E-state index in [9.17, 15) is 4.79 Å². The molecule has 1 amide bonds. The Hall–Kier alpha value is -2.23. The van der Waals surface area contributed by atoms with Crippen LogP contribution in [0.1, 0.15) is 29.8 Å². The van der Waals surface area contributed by atoms with Gasteiger partial charge in [-0.05, 0) is 30.7 Å². The van der Waals surface area contributed by atoms with Crippen molar-refractivity contribution in [3.05, 3.63) is 59.7 Å². The highest BCUT2D eigenvalue weighted by atomic mass is 16.1. The van der Waals surface area contributed by atoms with E-state index in [4.69, 9.17) is 5.73 Å². The maximum atomic E-state index is 11.0. The maximum Gasteiger partial charge on any atom is 0.226 e. The zero-order valence-electron chi connectivity index (χ0n) is 10.2. The maximum absolute atomic E-state index is 11.0. The molecule has 1 unspecified atom stereocenters. The summed E-state index contributed by atoms with van der Waals surface area (Å²) in [5, 5.41) is 0. The van der Waals surface area contributed by atoms with Crippen molar-refractivity contribution in [1.82, 2.24) is 9.97 Å². The van der Waals surface area contributed by atoms with Crippen molar-refractivity contribution in [3.8, 4) is 0 Å². The van der Waals surface area contributed by atoms with E-state index >= 15 is 0 Å². The van der Waals surface area contributed by atoms with Crippen LogP contribution in [-0.4, -0.2) is 15.9 Å². The van der Waals surface area contributed by atoms with Crippen LogP contribution in [0.2, 0.25) is 0 Å². The molecule has 0 radical (unpaired) electrons. The summed E-state index contributed by atoms with van der Waals surface area (Å²) < 4.78 is 0. The molecule has 92 valence electrons. The molecule has 0 fully saturated rings. The van der Waals surface area contributed by atoms with Crippen molar-refractivity contribution >= 4 is 5.91 Å². The molecule has 4 heteroatoms. The molecule has 2 N–H and O–H groups in total. The van der Waals surface area contributed by atoms with Gasteiger partial charge in [0.05, 0.1) is 11.6 Å². The Morgan fingerprint density at radius 1 is 1.28 bits per heavy atom. The smallest absolute Gasteiger partial charge is 0.226 e. The normalized spacial score (nSPS) is 12.1. The average Bonchev–Trinajstić information content (AvgIpc) is 2.40. The van der Waals surface area contributed by atoms with Gasteiger partial charge in [-0.1, -0.05) is 12.1 Å². The number of rotatable bonds is 4. The molecule has 0 bridgehead atoms. The summed E-state index contributed by atoms with van der Waals surface area (Å²) in [6, 6.07) is 9.61. The number of carbonyl (C=O) groups excluding carboxylic acids is 1. The summed E-state index contributed by atoms with van der Waals surface area (Å²) >= 11 is 0. The Bertz CT molecular complexity index is 522. The van der Waals surface area contributed by atoms with E-state index in [0.29, 0.717) is 5.69 Å². The summed E-state index contributed by atoms with van der Waals surface area (Å²) in [6.45, 7) is 1.75. The molecule has 0 saturated carbocycles. The third kappa shape index (κ3) is 2.91. The van der Waals surface area contributed by atoms with Crippen LogP contribution in [0.15, 0.2) is 42.7 Å². The third-order valence-corrected chi connectivity index (χ3v) is 2.83. The van der Waals surface area contributed by atoms with E-state index in [1.807, 2.05) is 30.3 Å². The lowest BCUT2D eigenvalue weighted by atomic mass is 10.0. The molecule has 0 aromatic carbocycles. The quantitative estimate of drug-likeness (QED) is 0.885. The van der Waals surface area contributed by atoms with Crippen molar-refractivity contribution in [2.75, 3.05) is 0 Å². The lowest BCUT2D eigenvalue weighted by Gasteiger charge is -2.07. The number of carbonyl (C=O) groups is 1. The number of hydrogen-bond acceptors (Lipinski definition) is 3. The summed E-state index contributed by atoms with van der Waals surface area (Å²) in [5.74, 6) is -0.714. The largest absolute Gasteiger partial charge is 0.369 e. The standard InChI is InChI=1S/C14H15N3O/c1-10(14(15)18)13-6-5-11(9-17-13)8-12-4-2-3-7-16-12/h2-7,9-10H,8H2,1H3,(H2,15,18). The van der Waals surface area contributed by atoms with Crippen molar-refractivity contribution in [1.29, 1.82) is 0 Å². The number of hydrogen-bond donors (Lipinski definition) is 1. The van der Waals surface area contributed by atoms with Crippen LogP contribution in [0, 0.1) is 0 Å². The van der Waals surface area contributed by atoms with Gasteiger partial charge >= 0.3 is 0 Å². The van der Waals surface area contributed by atoms with Gasteiger partial charge in [0.2, 0.25) is 5.91 Å². The number of amides is 1. The van der Waals surface area contributed by atoms with Gasteiger partial charge in [-0.15, -0.1) is 0 Å². The minimum absolute atomic E-state index is 0.353. The molecular formula is C14H15N3O. The molecule has 0 aliphatic heterocycles. The fraction of sp³-hybridized carbons (Fsp3) is 0.214. The lowest BCUT2D eigenvalue weighted by molar-refractivity contribution is -0.119. The Kier molecular flexibility index (Phi) is 3.67. The monoisotopic (exact) mass is 241 g/mol. The zero-order valence-corrected chi connectivity index (χ0v) is 10.2. The van der Waals surface area contributed by atoms with Gasteiger partial charge in [-0.25, -0.2) is 0 Å². The highest BCUT2D eigenvalue weighted by molar-refractivity contribution is 5.80. The van der Waals surface area contributed by atoms with Gasteiger partial charge in [0.1, 0.15) is 0 Å². The Labute approximate surface area is 106 Å². The second-order valence-electron chi connectivity index (χ2n) is 4.21. The van der Waals surface area contributed by atoms with E-state index in [1.165, 1.54) is 0 Å². The SMILES string of the molecule is CC(C(N)=O)c1ccc(Cc2ccccn2)cn1. The molecule has 18 heavy (non-hydrogen) atoms. The van der Waals surface area contributed by atoms with Crippen LogP contribution in [0.25, 0.3) is 0 Å². The second-order valence-corrected chi connectivity index (χ2v) is 4.21. The van der Waals surface area contributed by atoms with Crippen LogP contribution in [0.4, 0.5) is 0 Å². The first-order valence-electron chi connectivity index (χ1n) is 5.81. The first-order valence-corrected chi connectivity index (χ1v) is 5.81. The minimum Gasteiger partial charge on any atom is -0.369 e. The Morgan fingerprint density at radius 3 is 2.67 bits per heavy atom. The number of nitrogens with two attached hydrogens (primary N) is 1. The van der Waals surface area contributed by atoms with Gasteiger partial charge in [-0.3, -0.25) is 14.8 Å². The minimum atomic E-state index is -0.361. The van der Waals surface area contributed by atoms with Gasteiger partial charge in [0.25, 0.3) is 0 Å². The van der Waals surface area contributed by atoms with Crippen LogP contribution in [0.5, 0.6) is 0 Å². The van der Waals surface area contributed by atoms with Crippen molar-refractivity contribution < 1.29 is 4.79 Å². The van der Waals surface area contributed by atoms with E-state index in [1.54, 1.807) is 19.3 Å². The molecular weight excluding hydrogens is 226 g/mol. The molecule has 2 aromatic heterocycles. The molecule has 0 saturated heterocycles. The van der Waals surface area contributed by atoms with Gasteiger partial charge in [0.15, 0.2) is 0 Å². The number of nitrogens with zero attached hydrogens (tertiary/aromatic N) is 2. The molecule has 0 aliphatic rings. The van der Waals surface area contributed by atoms with Crippen LogP contribution < -0.4 is 5.73 Å².